The van der Waals surface area contributed by atoms with E-state index in [1.807, 2.05) is 0 Å². The third-order valence-corrected chi connectivity index (χ3v) is 1.68. The Morgan fingerprint density at radius 1 is 1.55 bits per heavy atom. The van der Waals surface area contributed by atoms with E-state index in [1.54, 1.807) is 31.5 Å². The molecule has 0 saturated heterocycles. The highest BCUT2D eigenvalue weighted by atomic mass is 35.5. The maximum atomic E-state index is 10.2. The molecule has 0 aliphatic carbocycles. The average molecular weight is 169 g/mol. The summed E-state index contributed by atoms with van der Waals surface area (Å²) in [5.74, 6) is 0. The molecule has 2 nitrogen and oxygen atoms in total. The molecule has 1 radical (unpaired) electrons. The van der Waals surface area contributed by atoms with E-state index in [0.29, 0.717) is 10.6 Å². The molecule has 0 heterocycles. The number of hydrogen-bond acceptors (Lipinski definition) is 2. The van der Waals surface area contributed by atoms with E-state index in [1.165, 1.54) is 0 Å². The van der Waals surface area contributed by atoms with Gasteiger partial charge in [-0.1, -0.05) is 11.6 Å². The summed E-state index contributed by atoms with van der Waals surface area (Å²) in [4.78, 5) is 10.2. The molecule has 0 amide bonds. The van der Waals surface area contributed by atoms with E-state index >= 15 is 0 Å². The normalized spacial score (nSPS) is 9.27. The standard InChI is InChI=1S/C8H7ClNO/c1-10-7-3-2-6(5-11)8(9)4-7/h2-4,10H,1H3. The van der Waals surface area contributed by atoms with E-state index in [9.17, 15) is 4.79 Å². The van der Waals surface area contributed by atoms with E-state index in [4.69, 9.17) is 11.6 Å². The van der Waals surface area contributed by atoms with Crippen molar-refractivity contribution in [1.82, 2.24) is 0 Å². The van der Waals surface area contributed by atoms with Crippen molar-refractivity contribution in [2.45, 2.75) is 0 Å². The van der Waals surface area contributed by atoms with E-state index < -0.39 is 0 Å². The number of nitrogens with one attached hydrogen (secondary N) is 1. The lowest BCUT2D eigenvalue weighted by Gasteiger charge is -2.00. The van der Waals surface area contributed by atoms with Gasteiger partial charge in [-0.2, -0.15) is 0 Å². The van der Waals surface area contributed by atoms with Crippen LogP contribution in [0.15, 0.2) is 18.2 Å². The van der Waals surface area contributed by atoms with Crippen molar-refractivity contribution in [3.63, 3.8) is 0 Å². The maximum absolute atomic E-state index is 10.2. The van der Waals surface area contributed by atoms with Gasteiger partial charge in [0, 0.05) is 18.3 Å². The van der Waals surface area contributed by atoms with Gasteiger partial charge >= 0.3 is 0 Å². The van der Waals surface area contributed by atoms with Crippen LogP contribution in [0.4, 0.5) is 5.69 Å². The SMILES string of the molecule is CNc1ccc([C]=O)c(Cl)c1. The summed E-state index contributed by atoms with van der Waals surface area (Å²) in [5, 5.41) is 3.33. The van der Waals surface area contributed by atoms with E-state index in [2.05, 4.69) is 5.32 Å². The van der Waals surface area contributed by atoms with E-state index in [0.717, 1.165) is 5.69 Å². The molecule has 0 fully saturated rings. The second-order valence-electron chi connectivity index (χ2n) is 2.05. The Hall–Kier alpha value is -1.02. The quantitative estimate of drug-likeness (QED) is 0.730. The van der Waals surface area contributed by atoms with Crippen molar-refractivity contribution in [1.29, 1.82) is 0 Å². The van der Waals surface area contributed by atoms with Gasteiger partial charge in [0.1, 0.15) is 0 Å². The summed E-state index contributed by atoms with van der Waals surface area (Å²) < 4.78 is 0. The fourth-order valence-corrected chi connectivity index (χ4v) is 0.973. The minimum atomic E-state index is 0.394. The molecule has 0 aliphatic heterocycles. The van der Waals surface area contributed by atoms with Gasteiger partial charge in [-0.3, -0.25) is 4.79 Å². The Labute approximate surface area is 70.2 Å². The van der Waals surface area contributed by atoms with Crippen LogP contribution in [0.25, 0.3) is 0 Å². The Balaban J connectivity index is 3.09. The first-order valence-electron chi connectivity index (χ1n) is 3.13. The highest BCUT2D eigenvalue weighted by Gasteiger charge is 1.99. The maximum Gasteiger partial charge on any atom is 0.235 e. The molecule has 0 aromatic heterocycles. The van der Waals surface area contributed by atoms with Crippen LogP contribution in [0.1, 0.15) is 5.56 Å². The zero-order valence-electron chi connectivity index (χ0n) is 6.02. The average Bonchev–Trinajstić information content (AvgIpc) is 2.04. The van der Waals surface area contributed by atoms with Crippen molar-refractivity contribution in [2.75, 3.05) is 12.4 Å². The van der Waals surface area contributed by atoms with Gasteiger partial charge < -0.3 is 5.32 Å². The highest BCUT2D eigenvalue weighted by Crippen LogP contribution is 2.18. The lowest BCUT2D eigenvalue weighted by atomic mass is 10.2. The van der Waals surface area contributed by atoms with Crippen molar-refractivity contribution in [2.24, 2.45) is 0 Å². The predicted octanol–water partition coefficient (Wildman–Crippen LogP) is 1.84. The molecular formula is C8H7ClNO. The van der Waals surface area contributed by atoms with Gasteiger partial charge in [-0.25, -0.2) is 0 Å². The zero-order chi connectivity index (χ0) is 8.27. The third kappa shape index (κ3) is 1.71. The molecule has 3 heteroatoms. The fourth-order valence-electron chi connectivity index (χ4n) is 0.753. The molecule has 0 bridgehead atoms. The van der Waals surface area contributed by atoms with Crippen LogP contribution >= 0.6 is 11.6 Å². The summed E-state index contributed by atoms with van der Waals surface area (Å²) >= 11 is 5.71. The first-order chi connectivity index (χ1) is 5.27. The van der Waals surface area contributed by atoms with Crippen LogP contribution in [0.2, 0.25) is 5.02 Å². The molecule has 0 saturated carbocycles. The van der Waals surface area contributed by atoms with Crippen molar-refractivity contribution >= 4 is 23.6 Å². The summed E-state index contributed by atoms with van der Waals surface area (Å²) in [6.07, 6.45) is 1.74. The summed E-state index contributed by atoms with van der Waals surface area (Å²) in [7, 11) is 1.79. The molecule has 0 spiro atoms. The number of anilines is 1. The molecule has 0 atom stereocenters. The topological polar surface area (TPSA) is 29.1 Å². The fraction of sp³-hybridized carbons (Fsp3) is 0.125. The molecule has 1 aromatic rings. The van der Waals surface area contributed by atoms with Gasteiger partial charge in [0.25, 0.3) is 0 Å². The number of carbonyl (C=O) groups excluding carboxylic acids is 1. The number of benzene rings is 1. The Morgan fingerprint density at radius 3 is 2.73 bits per heavy atom. The lowest BCUT2D eigenvalue weighted by molar-refractivity contribution is 0.563. The Kier molecular flexibility index (Phi) is 2.49. The number of hydrogen-bond donors (Lipinski definition) is 1. The second-order valence-corrected chi connectivity index (χ2v) is 2.45. The van der Waals surface area contributed by atoms with Crippen LogP contribution in [-0.2, 0) is 4.79 Å². The van der Waals surface area contributed by atoms with E-state index in [-0.39, 0.29) is 0 Å². The van der Waals surface area contributed by atoms with Gasteiger partial charge in [0.2, 0.25) is 6.29 Å². The van der Waals surface area contributed by atoms with Crippen LogP contribution in [-0.4, -0.2) is 13.3 Å². The molecule has 57 valence electrons. The van der Waals surface area contributed by atoms with Crippen LogP contribution in [0.5, 0.6) is 0 Å². The molecule has 0 unspecified atom stereocenters. The summed E-state index contributed by atoms with van der Waals surface area (Å²) in [6, 6.07) is 5.08. The van der Waals surface area contributed by atoms with Gasteiger partial charge in [0.05, 0.1) is 5.02 Å². The monoisotopic (exact) mass is 168 g/mol. The summed E-state index contributed by atoms with van der Waals surface area (Å²) in [6.45, 7) is 0. The second kappa shape index (κ2) is 3.39. The third-order valence-electron chi connectivity index (χ3n) is 1.37. The highest BCUT2D eigenvalue weighted by molar-refractivity contribution is 6.33. The van der Waals surface area contributed by atoms with Crippen LogP contribution < -0.4 is 5.32 Å². The van der Waals surface area contributed by atoms with Crippen molar-refractivity contribution < 1.29 is 4.79 Å². The van der Waals surface area contributed by atoms with Gasteiger partial charge in [-0.05, 0) is 18.2 Å². The van der Waals surface area contributed by atoms with Gasteiger partial charge in [0.15, 0.2) is 0 Å². The molecular weight excluding hydrogens is 162 g/mol. The Morgan fingerprint density at radius 2 is 2.27 bits per heavy atom. The lowest BCUT2D eigenvalue weighted by Crippen LogP contribution is -1.89. The predicted molar refractivity (Wildman–Crippen MR) is 45.8 cm³/mol. The van der Waals surface area contributed by atoms with Gasteiger partial charge in [-0.15, -0.1) is 0 Å². The molecule has 1 rings (SSSR count). The summed E-state index contributed by atoms with van der Waals surface area (Å²) in [5.41, 5.74) is 1.28. The van der Waals surface area contributed by atoms with Crippen LogP contribution in [0.3, 0.4) is 0 Å². The first-order valence-corrected chi connectivity index (χ1v) is 3.51. The number of rotatable bonds is 2. The minimum absolute atomic E-state index is 0.394. The molecule has 1 aromatic carbocycles. The van der Waals surface area contributed by atoms with Crippen LogP contribution in [0, 0.1) is 0 Å². The minimum Gasteiger partial charge on any atom is -0.388 e. The molecule has 11 heavy (non-hydrogen) atoms. The Bertz CT molecular complexity index is 273. The first kappa shape index (κ1) is 8.08. The number of halogens is 1. The zero-order valence-corrected chi connectivity index (χ0v) is 6.77. The largest absolute Gasteiger partial charge is 0.388 e. The molecule has 0 aliphatic rings. The smallest absolute Gasteiger partial charge is 0.235 e. The molecule has 1 N–H and O–H groups in total. The van der Waals surface area contributed by atoms with Crippen molar-refractivity contribution in [3.05, 3.63) is 28.8 Å². The van der Waals surface area contributed by atoms with Crippen molar-refractivity contribution in [3.8, 4) is 0 Å².